The van der Waals surface area contributed by atoms with E-state index < -0.39 is 30.0 Å². The fourth-order valence-corrected chi connectivity index (χ4v) is 6.98. The van der Waals surface area contributed by atoms with Crippen molar-refractivity contribution in [1.29, 1.82) is 0 Å². The third-order valence-corrected chi connectivity index (χ3v) is 9.18. The van der Waals surface area contributed by atoms with Crippen molar-refractivity contribution in [3.8, 4) is 11.6 Å². The van der Waals surface area contributed by atoms with Crippen LogP contribution in [0.2, 0.25) is 0 Å². The van der Waals surface area contributed by atoms with Crippen LogP contribution in [0.4, 0.5) is 13.2 Å². The molecule has 6 rings (SSSR count). The van der Waals surface area contributed by atoms with E-state index in [4.69, 9.17) is 4.74 Å². The van der Waals surface area contributed by atoms with Crippen molar-refractivity contribution in [2.24, 2.45) is 7.05 Å². The molecule has 5 aromatic rings. The smallest absolute Gasteiger partial charge is 0.418 e. The van der Waals surface area contributed by atoms with Gasteiger partial charge >= 0.3 is 12.1 Å². The average Bonchev–Trinajstić information content (AvgIpc) is 3.55. The van der Waals surface area contributed by atoms with Crippen LogP contribution in [0.25, 0.3) is 21.1 Å². The summed E-state index contributed by atoms with van der Waals surface area (Å²) < 4.78 is 51.2. The number of aryl methyl sites for hydroxylation is 2. The zero-order chi connectivity index (χ0) is 31.3. The van der Waals surface area contributed by atoms with Gasteiger partial charge in [0.25, 0.3) is 0 Å². The van der Waals surface area contributed by atoms with Crippen molar-refractivity contribution in [3.63, 3.8) is 0 Å². The predicted molar refractivity (Wildman–Crippen MR) is 159 cm³/mol. The Morgan fingerprint density at radius 2 is 2.02 bits per heavy atom. The minimum atomic E-state index is -4.70. The first-order chi connectivity index (χ1) is 20.9. The highest BCUT2D eigenvalue weighted by Crippen LogP contribution is 2.42. The fourth-order valence-electron chi connectivity index (χ4n) is 6.09. The number of thiophene rings is 1. The van der Waals surface area contributed by atoms with Crippen molar-refractivity contribution < 1.29 is 32.9 Å². The minimum Gasteiger partial charge on any atom is -0.493 e. The van der Waals surface area contributed by atoms with Crippen LogP contribution < -0.4 is 4.74 Å². The van der Waals surface area contributed by atoms with Gasteiger partial charge in [-0.25, -0.2) is 9.67 Å². The number of pyridine rings is 1. The van der Waals surface area contributed by atoms with Gasteiger partial charge in [0.15, 0.2) is 0 Å². The van der Waals surface area contributed by atoms with Crippen molar-refractivity contribution >= 4 is 38.4 Å². The molecule has 0 saturated carbocycles. The molecule has 0 fully saturated rings. The number of carbonyl (C=O) groups is 1. The van der Waals surface area contributed by atoms with E-state index in [2.05, 4.69) is 20.2 Å². The highest BCUT2D eigenvalue weighted by Gasteiger charge is 2.37. The van der Waals surface area contributed by atoms with Crippen LogP contribution in [0.3, 0.4) is 0 Å². The summed E-state index contributed by atoms with van der Waals surface area (Å²) in [7, 11) is 1.40. The first-order valence-corrected chi connectivity index (χ1v) is 15.0. The normalized spacial score (nSPS) is 16.5. The van der Waals surface area contributed by atoms with E-state index in [0.29, 0.717) is 42.2 Å². The van der Waals surface area contributed by atoms with Gasteiger partial charge in [-0.15, -0.1) is 16.4 Å². The molecule has 0 saturated heterocycles. The third kappa shape index (κ3) is 5.57. The Bertz CT molecular complexity index is 1890. The fraction of sp³-hybridized carbons (Fsp3) is 0.355. The molecule has 2 aromatic carbocycles. The maximum Gasteiger partial charge on any atom is 0.418 e. The summed E-state index contributed by atoms with van der Waals surface area (Å²) >= 11 is 1.55. The number of hydrogen-bond acceptors (Lipinski definition) is 8. The van der Waals surface area contributed by atoms with E-state index in [-0.39, 0.29) is 28.6 Å². The van der Waals surface area contributed by atoms with E-state index in [9.17, 15) is 28.2 Å². The number of aromatic hydroxyl groups is 1. The number of aromatic nitrogens is 4. The SMILES string of the molecule is CC[C@@H]1CN(Cc2cc([C@@H](CC(=O)O)c3cc(C(F)(F)F)c4c(nnn4C)c3C)cc3ccsc23)Cc2nc(O)ccc2O1. The van der Waals surface area contributed by atoms with Crippen LogP contribution in [-0.4, -0.2) is 53.7 Å². The van der Waals surface area contributed by atoms with Gasteiger partial charge in [0.2, 0.25) is 5.88 Å². The van der Waals surface area contributed by atoms with Gasteiger partial charge in [-0.3, -0.25) is 9.69 Å². The molecule has 0 amide bonds. The summed E-state index contributed by atoms with van der Waals surface area (Å²) in [6.07, 6.45) is -4.48. The van der Waals surface area contributed by atoms with E-state index in [1.54, 1.807) is 24.3 Å². The molecule has 230 valence electrons. The number of fused-ring (bicyclic) bond motifs is 3. The number of carboxylic acids is 1. The molecule has 2 N–H and O–H groups in total. The highest BCUT2D eigenvalue weighted by atomic mass is 32.1. The molecule has 9 nitrogen and oxygen atoms in total. The molecule has 1 aliphatic rings. The number of carboxylic acid groups (broad SMARTS) is 1. The summed E-state index contributed by atoms with van der Waals surface area (Å²) in [5.41, 5.74) is 1.86. The number of halogens is 3. The van der Waals surface area contributed by atoms with Crippen molar-refractivity contribution in [3.05, 3.63) is 75.3 Å². The summed E-state index contributed by atoms with van der Waals surface area (Å²) in [6, 6.07) is 9.96. The van der Waals surface area contributed by atoms with Crippen molar-refractivity contribution in [2.45, 2.75) is 58.0 Å². The lowest BCUT2D eigenvalue weighted by atomic mass is 9.83. The standard InChI is InChI=1S/C31H30F3N5O4S/c1-4-20-14-39(15-24-25(43-20)5-6-26(40)35-24)13-19-10-18(9-17-7-8-44-30(17)19)22(12-27(41)42)21-11-23(31(32,33)34)29-28(16(21)2)36-37-38(29)3/h5-11,20,22H,4,12-15H2,1-3H3,(H,35,40)(H,41,42)/t20-,22-/m1/s1. The van der Waals surface area contributed by atoms with Crippen LogP contribution >= 0.6 is 11.3 Å². The van der Waals surface area contributed by atoms with Gasteiger partial charge in [-0.05, 0) is 70.6 Å². The van der Waals surface area contributed by atoms with Gasteiger partial charge < -0.3 is 14.9 Å². The van der Waals surface area contributed by atoms with Gasteiger partial charge in [-0.1, -0.05) is 18.2 Å². The Labute approximate surface area is 254 Å². The van der Waals surface area contributed by atoms with Gasteiger partial charge in [0, 0.05) is 43.4 Å². The molecule has 0 unspecified atom stereocenters. The summed E-state index contributed by atoms with van der Waals surface area (Å²) in [5, 5.41) is 30.6. The van der Waals surface area contributed by atoms with Crippen LogP contribution in [0, 0.1) is 6.92 Å². The molecule has 4 heterocycles. The topological polar surface area (TPSA) is 114 Å². The number of hydrogen-bond donors (Lipinski definition) is 2. The average molecular weight is 626 g/mol. The molecule has 3 aromatic heterocycles. The van der Waals surface area contributed by atoms with E-state index in [1.165, 1.54) is 13.1 Å². The largest absolute Gasteiger partial charge is 0.493 e. The lowest BCUT2D eigenvalue weighted by molar-refractivity contribution is -0.137. The maximum absolute atomic E-state index is 14.3. The second-order valence-electron chi connectivity index (χ2n) is 11.1. The zero-order valence-electron chi connectivity index (χ0n) is 24.2. The molecular formula is C31H30F3N5O4S. The Balaban J connectivity index is 1.47. The second-order valence-corrected chi connectivity index (χ2v) is 12.1. The summed E-state index contributed by atoms with van der Waals surface area (Å²) in [5.74, 6) is -1.50. The monoisotopic (exact) mass is 625 g/mol. The summed E-state index contributed by atoms with van der Waals surface area (Å²) in [4.78, 5) is 18.6. The first-order valence-electron chi connectivity index (χ1n) is 14.1. The molecular weight excluding hydrogens is 595 g/mol. The number of benzene rings is 2. The van der Waals surface area contributed by atoms with Gasteiger partial charge in [0.1, 0.15) is 28.6 Å². The van der Waals surface area contributed by atoms with Crippen LogP contribution in [0.15, 0.2) is 41.8 Å². The van der Waals surface area contributed by atoms with Gasteiger partial charge in [0.05, 0.1) is 12.0 Å². The Morgan fingerprint density at radius 1 is 1.23 bits per heavy atom. The van der Waals surface area contributed by atoms with Crippen LogP contribution in [-0.2, 0) is 31.1 Å². The first kappa shape index (κ1) is 29.8. The maximum atomic E-state index is 14.3. The third-order valence-electron chi connectivity index (χ3n) is 8.18. The molecule has 1 aliphatic heterocycles. The number of nitrogens with zero attached hydrogens (tertiary/aromatic N) is 5. The molecule has 44 heavy (non-hydrogen) atoms. The second kappa shape index (κ2) is 11.4. The number of aliphatic carboxylic acids is 1. The number of rotatable bonds is 7. The van der Waals surface area contributed by atoms with E-state index in [0.717, 1.165) is 32.8 Å². The Morgan fingerprint density at radius 3 is 2.75 bits per heavy atom. The molecule has 2 atom stereocenters. The lowest BCUT2D eigenvalue weighted by Crippen LogP contribution is -2.32. The quantitative estimate of drug-likeness (QED) is 0.214. The van der Waals surface area contributed by atoms with Crippen LogP contribution in [0.5, 0.6) is 11.6 Å². The van der Waals surface area contributed by atoms with Gasteiger partial charge in [-0.2, -0.15) is 13.2 Å². The Hall–Kier alpha value is -4.23. The number of ether oxygens (including phenoxy) is 1. The summed E-state index contributed by atoms with van der Waals surface area (Å²) in [6.45, 7) is 5.14. The van der Waals surface area contributed by atoms with E-state index in [1.807, 2.05) is 30.5 Å². The van der Waals surface area contributed by atoms with Crippen LogP contribution in [0.1, 0.15) is 59.2 Å². The minimum absolute atomic E-state index is 0.0918. The molecule has 0 spiro atoms. The van der Waals surface area contributed by atoms with Crippen molar-refractivity contribution in [1.82, 2.24) is 24.9 Å². The van der Waals surface area contributed by atoms with Crippen molar-refractivity contribution in [2.75, 3.05) is 6.54 Å². The van der Waals surface area contributed by atoms with E-state index >= 15 is 0 Å². The molecule has 0 radical (unpaired) electrons. The molecule has 13 heteroatoms. The molecule has 0 aliphatic carbocycles. The molecule has 0 bridgehead atoms. The Kier molecular flexibility index (Phi) is 7.70. The zero-order valence-corrected chi connectivity index (χ0v) is 25.0. The predicted octanol–water partition coefficient (Wildman–Crippen LogP) is 6.39. The lowest BCUT2D eigenvalue weighted by Gasteiger charge is -2.25. The number of alkyl halides is 3. The highest BCUT2D eigenvalue weighted by molar-refractivity contribution is 7.17.